The molecule has 0 saturated heterocycles. The summed E-state index contributed by atoms with van der Waals surface area (Å²) in [5.41, 5.74) is 3.00. The van der Waals surface area contributed by atoms with Crippen LogP contribution >= 0.6 is 0 Å². The molecule has 7 nitrogen and oxygen atoms in total. The highest BCUT2D eigenvalue weighted by atomic mass is 32.2. The van der Waals surface area contributed by atoms with E-state index in [4.69, 9.17) is 0 Å². The number of aryl methyl sites for hydroxylation is 1. The van der Waals surface area contributed by atoms with E-state index in [0.29, 0.717) is 31.4 Å². The fourth-order valence-electron chi connectivity index (χ4n) is 4.46. The van der Waals surface area contributed by atoms with Gasteiger partial charge in [0.05, 0.1) is 16.9 Å². The smallest absolute Gasteiger partial charge is 0.251 e. The van der Waals surface area contributed by atoms with Crippen molar-refractivity contribution in [1.29, 1.82) is 0 Å². The van der Waals surface area contributed by atoms with Gasteiger partial charge in [-0.2, -0.15) is 0 Å². The van der Waals surface area contributed by atoms with Crippen molar-refractivity contribution in [3.8, 4) is 0 Å². The fourth-order valence-corrected chi connectivity index (χ4v) is 6.75. The molecule has 1 atom stereocenters. The molecule has 3 N–H and O–H groups in total. The van der Waals surface area contributed by atoms with Crippen molar-refractivity contribution in [2.24, 2.45) is 5.92 Å². The van der Waals surface area contributed by atoms with Crippen molar-refractivity contribution >= 4 is 21.7 Å². The van der Waals surface area contributed by atoms with E-state index in [1.165, 1.54) is 11.1 Å². The van der Waals surface area contributed by atoms with Crippen LogP contribution in [-0.2, 0) is 27.6 Å². The van der Waals surface area contributed by atoms with Crippen molar-refractivity contribution in [3.05, 3.63) is 71.3 Å². The Balaban J connectivity index is 1.94. The van der Waals surface area contributed by atoms with Crippen LogP contribution in [0.4, 0.5) is 0 Å². The molecule has 2 rings (SSSR count). The molecule has 0 fully saturated rings. The Morgan fingerprint density at radius 2 is 1.53 bits per heavy atom. The normalized spacial score (nSPS) is 12.3. The molecular weight excluding hydrogens is 498 g/mol. The van der Waals surface area contributed by atoms with E-state index >= 15 is 0 Å². The summed E-state index contributed by atoms with van der Waals surface area (Å²) in [6, 6.07) is 17.2. The number of hydrogen-bond donors (Lipinski definition) is 3. The molecule has 0 aromatic heterocycles. The second-order valence-corrected chi connectivity index (χ2v) is 12.1. The molecule has 2 aromatic rings. The molecule has 0 aliphatic rings. The minimum absolute atomic E-state index is 0.0320. The first-order chi connectivity index (χ1) is 18.3. The highest BCUT2D eigenvalue weighted by molar-refractivity contribution is 7.92. The van der Waals surface area contributed by atoms with Gasteiger partial charge in [0.15, 0.2) is 9.84 Å². The molecule has 0 bridgehead atoms. The average molecular weight is 544 g/mol. The molecule has 2 aromatic carbocycles. The number of benzene rings is 2. The molecule has 0 saturated carbocycles. The van der Waals surface area contributed by atoms with Gasteiger partial charge in [-0.1, -0.05) is 76.1 Å². The second-order valence-electron chi connectivity index (χ2n) is 9.80. The van der Waals surface area contributed by atoms with Gasteiger partial charge in [-0.25, -0.2) is 8.42 Å². The summed E-state index contributed by atoms with van der Waals surface area (Å²) in [7, 11) is -3.50. The Bertz CT molecular complexity index is 1080. The van der Waals surface area contributed by atoms with Gasteiger partial charge in [0.2, 0.25) is 5.91 Å². The third-order valence-corrected chi connectivity index (χ3v) is 8.99. The summed E-state index contributed by atoms with van der Waals surface area (Å²) in [4.78, 5) is 25.7. The predicted molar refractivity (Wildman–Crippen MR) is 155 cm³/mol. The van der Waals surface area contributed by atoms with Gasteiger partial charge in [0.1, 0.15) is 0 Å². The quantitative estimate of drug-likeness (QED) is 0.244. The lowest BCUT2D eigenvalue weighted by Crippen LogP contribution is -2.44. The zero-order chi connectivity index (χ0) is 27.8. The van der Waals surface area contributed by atoms with Crippen LogP contribution in [0.3, 0.4) is 0 Å². The maximum atomic E-state index is 13.2. The van der Waals surface area contributed by atoms with Gasteiger partial charge in [-0.15, -0.1) is 0 Å². The SMILES string of the molecule is CCCC(CCC)S(=O)(=O)CC(CNC(=O)c1ccccc1)C(=O)NCCCNCc1cccc(CC)c1. The standard InChI is InChI=1S/C30H45N3O4S/c1-4-12-28(13-5-2)38(36,37)23-27(22-33-29(34)26-16-8-7-9-17-26)30(35)32-19-11-18-31-21-25-15-10-14-24(6-3)20-25/h7-10,14-17,20,27-28,31H,4-6,11-13,18-19,21-23H2,1-3H3,(H,32,35)(H,33,34). The van der Waals surface area contributed by atoms with Crippen molar-refractivity contribution in [2.75, 3.05) is 25.4 Å². The molecule has 38 heavy (non-hydrogen) atoms. The molecule has 8 heteroatoms. The van der Waals surface area contributed by atoms with Crippen LogP contribution < -0.4 is 16.0 Å². The molecule has 0 radical (unpaired) electrons. The minimum Gasteiger partial charge on any atom is -0.356 e. The van der Waals surface area contributed by atoms with Crippen LogP contribution in [0, 0.1) is 5.92 Å². The number of amides is 2. The molecule has 0 aliphatic carbocycles. The first-order valence-corrected chi connectivity index (χ1v) is 15.6. The molecular formula is C30H45N3O4S. The van der Waals surface area contributed by atoms with Crippen LogP contribution in [0.15, 0.2) is 54.6 Å². The van der Waals surface area contributed by atoms with E-state index in [0.717, 1.165) is 32.4 Å². The Morgan fingerprint density at radius 1 is 0.842 bits per heavy atom. The van der Waals surface area contributed by atoms with E-state index in [1.807, 2.05) is 19.9 Å². The summed E-state index contributed by atoms with van der Waals surface area (Å²) in [6.45, 7) is 7.94. The van der Waals surface area contributed by atoms with Crippen LogP contribution in [0.2, 0.25) is 0 Å². The molecule has 0 spiro atoms. The molecule has 210 valence electrons. The predicted octanol–water partition coefficient (Wildman–Crippen LogP) is 4.27. The van der Waals surface area contributed by atoms with Crippen molar-refractivity contribution < 1.29 is 18.0 Å². The summed E-state index contributed by atoms with van der Waals surface area (Å²) in [6.07, 6.45) is 4.40. The number of rotatable bonds is 18. The fraction of sp³-hybridized carbons (Fsp3) is 0.533. The minimum atomic E-state index is -3.50. The van der Waals surface area contributed by atoms with Gasteiger partial charge in [-0.05, 0) is 55.5 Å². The lowest BCUT2D eigenvalue weighted by molar-refractivity contribution is -0.124. The average Bonchev–Trinajstić information content (AvgIpc) is 2.93. The Morgan fingerprint density at radius 3 is 2.18 bits per heavy atom. The third-order valence-electron chi connectivity index (χ3n) is 6.64. The maximum absolute atomic E-state index is 13.2. The van der Waals surface area contributed by atoms with Gasteiger partial charge < -0.3 is 16.0 Å². The van der Waals surface area contributed by atoms with Crippen molar-refractivity contribution in [1.82, 2.24) is 16.0 Å². The number of carbonyl (C=O) groups is 2. The lowest BCUT2D eigenvalue weighted by atomic mass is 10.1. The Hall–Kier alpha value is -2.71. The van der Waals surface area contributed by atoms with Crippen LogP contribution in [0.25, 0.3) is 0 Å². The lowest BCUT2D eigenvalue weighted by Gasteiger charge is -2.22. The maximum Gasteiger partial charge on any atom is 0.251 e. The van der Waals surface area contributed by atoms with E-state index in [9.17, 15) is 18.0 Å². The molecule has 0 heterocycles. The van der Waals surface area contributed by atoms with Crippen LogP contribution in [-0.4, -0.2) is 50.9 Å². The summed E-state index contributed by atoms with van der Waals surface area (Å²) < 4.78 is 26.5. The Labute approximate surface area is 229 Å². The van der Waals surface area contributed by atoms with E-state index in [1.54, 1.807) is 24.3 Å². The van der Waals surface area contributed by atoms with Gasteiger partial charge >= 0.3 is 0 Å². The summed E-state index contributed by atoms with van der Waals surface area (Å²) >= 11 is 0. The zero-order valence-electron chi connectivity index (χ0n) is 23.2. The van der Waals surface area contributed by atoms with Gasteiger partial charge in [-0.3, -0.25) is 9.59 Å². The number of carbonyl (C=O) groups excluding carboxylic acids is 2. The van der Waals surface area contributed by atoms with Gasteiger partial charge in [0, 0.05) is 25.2 Å². The molecule has 2 amide bonds. The van der Waals surface area contributed by atoms with E-state index < -0.39 is 21.0 Å². The number of hydrogen-bond acceptors (Lipinski definition) is 5. The summed E-state index contributed by atoms with van der Waals surface area (Å²) in [5.74, 6) is -1.79. The number of nitrogens with one attached hydrogen (secondary N) is 3. The largest absolute Gasteiger partial charge is 0.356 e. The second kappa shape index (κ2) is 17.0. The topological polar surface area (TPSA) is 104 Å². The highest BCUT2D eigenvalue weighted by Crippen LogP contribution is 2.18. The number of sulfone groups is 1. The van der Waals surface area contributed by atoms with Gasteiger partial charge in [0.25, 0.3) is 5.91 Å². The monoisotopic (exact) mass is 543 g/mol. The Kier molecular flexibility index (Phi) is 14.1. The first kappa shape index (κ1) is 31.5. The molecule has 0 aliphatic heterocycles. The van der Waals surface area contributed by atoms with Crippen molar-refractivity contribution in [3.63, 3.8) is 0 Å². The molecule has 1 unspecified atom stereocenters. The van der Waals surface area contributed by atoms with E-state index in [-0.39, 0.29) is 24.1 Å². The summed E-state index contributed by atoms with van der Waals surface area (Å²) in [5, 5.41) is 8.59. The first-order valence-electron chi connectivity index (χ1n) is 13.9. The van der Waals surface area contributed by atoms with Crippen LogP contribution in [0.5, 0.6) is 0 Å². The van der Waals surface area contributed by atoms with E-state index in [2.05, 4.69) is 47.1 Å². The zero-order valence-corrected chi connectivity index (χ0v) is 24.0. The van der Waals surface area contributed by atoms with Crippen molar-refractivity contribution in [2.45, 2.75) is 71.1 Å². The highest BCUT2D eigenvalue weighted by Gasteiger charge is 2.31. The van der Waals surface area contributed by atoms with Crippen LogP contribution in [0.1, 0.15) is 74.4 Å². The third kappa shape index (κ3) is 11.0.